The molecule has 0 amide bonds. The predicted octanol–water partition coefficient (Wildman–Crippen LogP) is 1.09. The second kappa shape index (κ2) is 7.54. The molecule has 4 nitrogen and oxygen atoms in total. The molecule has 0 saturated carbocycles. The maximum atomic E-state index is 7.56. The highest BCUT2D eigenvalue weighted by molar-refractivity contribution is 8.07. The Kier molecular flexibility index (Phi) is 6.44. The van der Waals surface area contributed by atoms with Crippen molar-refractivity contribution in [2.45, 2.75) is 0 Å². The molecule has 1 aromatic heterocycles. The lowest BCUT2D eigenvalue weighted by Crippen LogP contribution is -1.44. The largest absolute Gasteiger partial charge is 0.351 e. The van der Waals surface area contributed by atoms with Crippen LogP contribution in [0.1, 0.15) is 0 Å². The van der Waals surface area contributed by atoms with Gasteiger partial charge in [0, 0.05) is 12.4 Å². The molecule has 1 rings (SSSR count). The van der Waals surface area contributed by atoms with Gasteiger partial charge in [-0.1, -0.05) is 0 Å². The van der Waals surface area contributed by atoms with Crippen molar-refractivity contribution in [1.29, 1.82) is 10.5 Å². The van der Waals surface area contributed by atoms with E-state index in [1.54, 1.807) is 29.5 Å². The lowest BCUT2D eigenvalue weighted by atomic mass is 11.0. The Morgan fingerprint density at radius 3 is 2.20 bits per heavy atom. The number of thioether (sulfide) groups is 1. The van der Waals surface area contributed by atoms with Gasteiger partial charge in [-0.15, -0.1) is 0 Å². The lowest BCUT2D eigenvalue weighted by molar-refractivity contribution is 1.31. The summed E-state index contributed by atoms with van der Waals surface area (Å²) in [5.74, 6) is 0. The van der Waals surface area contributed by atoms with Gasteiger partial charge in [0.15, 0.2) is 0 Å². The molecule has 50 valence electrons. The summed E-state index contributed by atoms with van der Waals surface area (Å²) in [5.41, 5.74) is 0. The summed E-state index contributed by atoms with van der Waals surface area (Å²) in [5, 5.41) is 18.3. The average molecular weight is 152 g/mol. The van der Waals surface area contributed by atoms with Gasteiger partial charge in [-0.2, -0.15) is 10.5 Å². The van der Waals surface area contributed by atoms with Crippen LogP contribution in [-0.2, 0) is 0 Å². The van der Waals surface area contributed by atoms with Gasteiger partial charge < -0.3 is 4.98 Å². The number of imidazole rings is 1. The number of aromatic amines is 1. The van der Waals surface area contributed by atoms with Gasteiger partial charge in [0.25, 0.3) is 0 Å². The van der Waals surface area contributed by atoms with Crippen molar-refractivity contribution in [2.24, 2.45) is 0 Å². The third-order valence-electron chi connectivity index (χ3n) is 0.497. The van der Waals surface area contributed by atoms with E-state index in [0.717, 1.165) is 0 Å². The van der Waals surface area contributed by atoms with Crippen molar-refractivity contribution in [3.05, 3.63) is 18.7 Å². The van der Waals surface area contributed by atoms with Gasteiger partial charge in [-0.25, -0.2) is 4.98 Å². The summed E-state index contributed by atoms with van der Waals surface area (Å²) in [6, 6.07) is 0. The van der Waals surface area contributed by atoms with Crippen LogP contribution in [0, 0.1) is 21.3 Å². The molecule has 0 aromatic carbocycles. The van der Waals surface area contributed by atoms with Gasteiger partial charge in [-0.05, 0) is 0 Å². The van der Waals surface area contributed by atoms with E-state index in [1.807, 2.05) is 0 Å². The summed E-state index contributed by atoms with van der Waals surface area (Å²) >= 11 is 0.574. The topological polar surface area (TPSA) is 76.3 Å². The van der Waals surface area contributed by atoms with Crippen molar-refractivity contribution < 1.29 is 0 Å². The Labute approximate surface area is 62.5 Å². The number of H-pyrrole nitrogens is 1. The number of nitrogens with one attached hydrogen (secondary N) is 1. The Morgan fingerprint density at radius 1 is 1.40 bits per heavy atom. The number of aromatic nitrogens is 2. The average Bonchev–Trinajstić information content (AvgIpc) is 2.44. The van der Waals surface area contributed by atoms with E-state index in [9.17, 15) is 0 Å². The summed E-state index contributed by atoms with van der Waals surface area (Å²) in [7, 11) is 0. The van der Waals surface area contributed by atoms with E-state index < -0.39 is 0 Å². The molecule has 0 radical (unpaired) electrons. The van der Waals surface area contributed by atoms with Crippen LogP contribution in [0.2, 0.25) is 0 Å². The number of nitriles is 2. The van der Waals surface area contributed by atoms with Crippen molar-refractivity contribution in [1.82, 2.24) is 9.97 Å². The first-order chi connectivity index (χ1) is 4.91. The van der Waals surface area contributed by atoms with Gasteiger partial charge in [0.1, 0.15) is 10.8 Å². The standard InChI is InChI=1S/C3H4N2.C2N2S/c1-2-5-3-4-1;3-1-5-2-4/h1-3H,(H,4,5);. The maximum Gasteiger partial charge on any atom is 0.149 e. The Hall–Kier alpha value is -1.46. The fraction of sp³-hybridized carbons (Fsp3) is 0. The zero-order valence-corrected chi connectivity index (χ0v) is 5.80. The second-order valence-corrected chi connectivity index (χ2v) is 1.61. The van der Waals surface area contributed by atoms with E-state index in [1.165, 1.54) is 0 Å². The van der Waals surface area contributed by atoms with Crippen molar-refractivity contribution >= 4 is 11.8 Å². The molecular formula is C5H4N4S. The molecule has 1 aromatic rings. The third-order valence-corrected chi connectivity index (χ3v) is 0.680. The molecule has 0 aliphatic carbocycles. The fourth-order valence-electron chi connectivity index (χ4n) is 0.236. The van der Waals surface area contributed by atoms with Crippen molar-refractivity contribution in [2.75, 3.05) is 0 Å². The van der Waals surface area contributed by atoms with E-state index >= 15 is 0 Å². The molecule has 0 unspecified atom stereocenters. The summed E-state index contributed by atoms with van der Waals surface area (Å²) < 4.78 is 0. The molecule has 0 spiro atoms. The van der Waals surface area contributed by atoms with Crippen LogP contribution in [0.3, 0.4) is 0 Å². The van der Waals surface area contributed by atoms with Crippen molar-refractivity contribution in [3.63, 3.8) is 0 Å². The summed E-state index contributed by atoms with van der Waals surface area (Å²) in [6.45, 7) is 0. The number of rotatable bonds is 0. The third kappa shape index (κ3) is 6.54. The van der Waals surface area contributed by atoms with Crippen LogP contribution >= 0.6 is 11.8 Å². The number of hydrogen-bond donors (Lipinski definition) is 1. The predicted molar refractivity (Wildman–Crippen MR) is 37.4 cm³/mol. The monoisotopic (exact) mass is 152 g/mol. The second-order valence-electron chi connectivity index (χ2n) is 1.05. The number of hydrogen-bond acceptors (Lipinski definition) is 4. The highest BCUT2D eigenvalue weighted by atomic mass is 32.2. The van der Waals surface area contributed by atoms with Crippen LogP contribution in [0.4, 0.5) is 0 Å². The van der Waals surface area contributed by atoms with Gasteiger partial charge in [0.05, 0.1) is 18.1 Å². The minimum atomic E-state index is 0.574. The first kappa shape index (κ1) is 8.54. The molecule has 0 saturated heterocycles. The summed E-state index contributed by atoms with van der Waals surface area (Å²) in [4.78, 5) is 6.42. The first-order valence-corrected chi connectivity index (χ1v) is 3.10. The van der Waals surface area contributed by atoms with Crippen LogP contribution in [0.25, 0.3) is 0 Å². The molecule has 0 atom stereocenters. The van der Waals surface area contributed by atoms with Gasteiger partial charge >= 0.3 is 0 Å². The Bertz CT molecular complexity index is 188. The number of thiocyanates is 2. The fourth-order valence-corrected chi connectivity index (χ4v) is 0.276. The van der Waals surface area contributed by atoms with E-state index in [2.05, 4.69) is 9.97 Å². The van der Waals surface area contributed by atoms with Gasteiger partial charge in [-0.3, -0.25) is 0 Å². The van der Waals surface area contributed by atoms with Gasteiger partial charge in [0.2, 0.25) is 0 Å². The van der Waals surface area contributed by atoms with E-state index in [0.29, 0.717) is 11.8 Å². The minimum absolute atomic E-state index is 0.574. The molecule has 5 heteroatoms. The van der Waals surface area contributed by atoms with Crippen LogP contribution in [0.5, 0.6) is 0 Å². The lowest BCUT2D eigenvalue weighted by Gasteiger charge is -1.46. The zero-order chi connectivity index (χ0) is 7.66. The molecule has 0 aliphatic heterocycles. The first-order valence-electron chi connectivity index (χ1n) is 2.28. The Morgan fingerprint density at radius 2 is 2.10 bits per heavy atom. The minimum Gasteiger partial charge on any atom is -0.351 e. The van der Waals surface area contributed by atoms with Crippen LogP contribution in [-0.4, -0.2) is 9.97 Å². The van der Waals surface area contributed by atoms with E-state index in [-0.39, 0.29) is 0 Å². The van der Waals surface area contributed by atoms with E-state index in [4.69, 9.17) is 10.5 Å². The quantitative estimate of drug-likeness (QED) is 0.564. The number of nitrogens with zero attached hydrogens (tertiary/aromatic N) is 3. The molecule has 1 N–H and O–H groups in total. The molecule has 0 aliphatic rings. The zero-order valence-electron chi connectivity index (χ0n) is 4.98. The molecule has 1 heterocycles. The van der Waals surface area contributed by atoms with Crippen LogP contribution < -0.4 is 0 Å². The highest BCUT2D eigenvalue weighted by Crippen LogP contribution is 1.85. The highest BCUT2D eigenvalue weighted by Gasteiger charge is 1.62. The van der Waals surface area contributed by atoms with Crippen LogP contribution in [0.15, 0.2) is 18.7 Å². The molecule has 10 heavy (non-hydrogen) atoms. The smallest absolute Gasteiger partial charge is 0.149 e. The SMILES string of the molecule is N#CSC#N.c1c[nH]cn1. The van der Waals surface area contributed by atoms with Crippen molar-refractivity contribution in [3.8, 4) is 10.8 Å². The molecule has 0 fully saturated rings. The summed E-state index contributed by atoms with van der Waals surface area (Å²) in [6.07, 6.45) is 5.08. The maximum absolute atomic E-state index is 7.56. The molecular weight excluding hydrogens is 148 g/mol. The normalized spacial score (nSPS) is 6.20. The molecule has 0 bridgehead atoms. The Balaban J connectivity index is 0.000000162.